The molecular formula is C12H19N3. The van der Waals surface area contributed by atoms with E-state index < -0.39 is 0 Å². The molecule has 0 radical (unpaired) electrons. The second-order valence-electron chi connectivity index (χ2n) is 3.33. The molecule has 0 atom stereocenters. The van der Waals surface area contributed by atoms with E-state index in [-0.39, 0.29) is 5.79 Å². The number of benzene rings is 1. The molecule has 0 saturated heterocycles. The van der Waals surface area contributed by atoms with Gasteiger partial charge in [0.2, 0.25) is 0 Å². The van der Waals surface area contributed by atoms with E-state index in [4.69, 9.17) is 0 Å². The fraction of sp³-hybridized carbons (Fsp3) is 0.333. The number of nitrogens with one attached hydrogen (secondary N) is 3. The van der Waals surface area contributed by atoms with Gasteiger partial charge in [0.25, 0.3) is 0 Å². The summed E-state index contributed by atoms with van der Waals surface area (Å²) in [5.74, 6) is -0.375. The van der Waals surface area contributed by atoms with Gasteiger partial charge >= 0.3 is 0 Å². The van der Waals surface area contributed by atoms with Crippen LogP contribution in [0.4, 0.5) is 0 Å². The van der Waals surface area contributed by atoms with E-state index in [1.54, 1.807) is 0 Å². The Morgan fingerprint density at radius 3 is 1.80 bits per heavy atom. The molecule has 1 rings (SSSR count). The van der Waals surface area contributed by atoms with Crippen molar-refractivity contribution in [3.05, 3.63) is 42.0 Å². The normalized spacial score (nSPS) is 11.4. The third-order valence-corrected chi connectivity index (χ3v) is 2.70. The molecule has 15 heavy (non-hydrogen) atoms. The van der Waals surface area contributed by atoms with Gasteiger partial charge in [0.15, 0.2) is 0 Å². The maximum atomic E-state index is 3.74. The van der Waals surface area contributed by atoms with Gasteiger partial charge in [-0.25, -0.2) is 0 Å². The van der Waals surface area contributed by atoms with Gasteiger partial charge in [0, 0.05) is 5.56 Å². The zero-order chi connectivity index (χ0) is 11.3. The van der Waals surface area contributed by atoms with E-state index in [0.717, 1.165) is 11.1 Å². The molecule has 0 aliphatic heterocycles. The summed E-state index contributed by atoms with van der Waals surface area (Å²) in [4.78, 5) is 0. The maximum Gasteiger partial charge on any atom is 0.149 e. The van der Waals surface area contributed by atoms with Crippen LogP contribution in [0, 0.1) is 0 Å². The van der Waals surface area contributed by atoms with Gasteiger partial charge < -0.3 is 0 Å². The van der Waals surface area contributed by atoms with Crippen LogP contribution in [0.2, 0.25) is 0 Å². The summed E-state index contributed by atoms with van der Waals surface area (Å²) < 4.78 is 0. The number of hydrogen-bond acceptors (Lipinski definition) is 3. The number of rotatable bonds is 5. The average molecular weight is 205 g/mol. The van der Waals surface area contributed by atoms with Gasteiger partial charge in [-0.1, -0.05) is 36.9 Å². The molecule has 0 heterocycles. The Hall–Kier alpha value is -1.16. The molecule has 0 amide bonds. The van der Waals surface area contributed by atoms with Crippen LogP contribution < -0.4 is 16.0 Å². The minimum atomic E-state index is -0.375. The van der Waals surface area contributed by atoms with E-state index in [9.17, 15) is 0 Å². The van der Waals surface area contributed by atoms with Crippen LogP contribution in [-0.4, -0.2) is 21.1 Å². The predicted molar refractivity (Wildman–Crippen MR) is 65.4 cm³/mol. The summed E-state index contributed by atoms with van der Waals surface area (Å²) in [7, 11) is 5.73. The van der Waals surface area contributed by atoms with Gasteiger partial charge in [-0.15, -0.1) is 0 Å². The highest BCUT2D eigenvalue weighted by molar-refractivity contribution is 5.47. The van der Waals surface area contributed by atoms with E-state index >= 15 is 0 Å². The Morgan fingerprint density at radius 1 is 1.00 bits per heavy atom. The van der Waals surface area contributed by atoms with Gasteiger partial charge in [-0.2, -0.15) is 0 Å². The molecular weight excluding hydrogens is 186 g/mol. The standard InChI is InChI=1S/C12H19N3/c1-5-10-6-8-11(9-7-10)12(13-2,14-3)15-4/h5-9,13-15H,1H2,2-4H3. The zero-order valence-electron chi connectivity index (χ0n) is 9.59. The molecule has 0 aliphatic rings. The summed E-state index contributed by atoms with van der Waals surface area (Å²) in [6.45, 7) is 3.74. The third kappa shape index (κ3) is 2.26. The van der Waals surface area contributed by atoms with Crippen LogP contribution in [0.1, 0.15) is 11.1 Å². The fourth-order valence-electron chi connectivity index (χ4n) is 1.68. The van der Waals surface area contributed by atoms with Crippen LogP contribution in [0.3, 0.4) is 0 Å². The Morgan fingerprint density at radius 2 is 1.47 bits per heavy atom. The van der Waals surface area contributed by atoms with E-state index in [0.29, 0.717) is 0 Å². The first kappa shape index (κ1) is 11.9. The molecule has 0 spiro atoms. The smallest absolute Gasteiger partial charge is 0.149 e. The predicted octanol–water partition coefficient (Wildman–Crippen LogP) is 1.10. The molecule has 1 aromatic carbocycles. The van der Waals surface area contributed by atoms with Crippen LogP contribution in [0.15, 0.2) is 30.8 Å². The molecule has 0 aliphatic carbocycles. The van der Waals surface area contributed by atoms with Crippen molar-refractivity contribution in [1.82, 2.24) is 16.0 Å². The Bertz CT molecular complexity index is 304. The van der Waals surface area contributed by atoms with Crippen LogP contribution >= 0.6 is 0 Å². The minimum absolute atomic E-state index is 0.375. The first-order valence-electron chi connectivity index (χ1n) is 5.02. The second-order valence-corrected chi connectivity index (χ2v) is 3.33. The van der Waals surface area contributed by atoms with Gasteiger partial charge in [0.1, 0.15) is 5.79 Å². The monoisotopic (exact) mass is 205 g/mol. The molecule has 3 nitrogen and oxygen atoms in total. The van der Waals surface area contributed by atoms with Crippen LogP contribution in [0.25, 0.3) is 6.08 Å². The van der Waals surface area contributed by atoms with Gasteiger partial charge in [0.05, 0.1) is 0 Å². The fourth-order valence-corrected chi connectivity index (χ4v) is 1.68. The van der Waals surface area contributed by atoms with E-state index in [1.807, 2.05) is 39.4 Å². The van der Waals surface area contributed by atoms with Crippen LogP contribution in [0.5, 0.6) is 0 Å². The van der Waals surface area contributed by atoms with Gasteiger partial charge in [-0.3, -0.25) is 16.0 Å². The molecule has 1 aromatic rings. The number of hydrogen-bond donors (Lipinski definition) is 3. The van der Waals surface area contributed by atoms with Crippen molar-refractivity contribution in [3.63, 3.8) is 0 Å². The first-order valence-corrected chi connectivity index (χ1v) is 5.02. The Balaban J connectivity index is 3.06. The second kappa shape index (κ2) is 5.07. The molecule has 3 N–H and O–H groups in total. The van der Waals surface area contributed by atoms with Crippen LogP contribution in [-0.2, 0) is 5.79 Å². The topological polar surface area (TPSA) is 36.1 Å². The van der Waals surface area contributed by atoms with Crippen molar-refractivity contribution in [2.45, 2.75) is 5.79 Å². The molecule has 0 bridgehead atoms. The Kier molecular flexibility index (Phi) is 4.03. The Labute approximate surface area is 91.6 Å². The highest BCUT2D eigenvalue weighted by atomic mass is 15.3. The van der Waals surface area contributed by atoms with Crippen molar-refractivity contribution in [3.8, 4) is 0 Å². The average Bonchev–Trinajstić information content (AvgIpc) is 2.33. The third-order valence-electron chi connectivity index (χ3n) is 2.70. The lowest BCUT2D eigenvalue weighted by atomic mass is 10.1. The minimum Gasteiger partial charge on any atom is -0.286 e. The SMILES string of the molecule is C=Cc1ccc(C(NC)(NC)NC)cc1. The molecule has 0 aromatic heterocycles. The van der Waals surface area contributed by atoms with Crippen molar-refractivity contribution >= 4 is 6.08 Å². The first-order chi connectivity index (χ1) is 7.22. The highest BCUT2D eigenvalue weighted by Crippen LogP contribution is 2.15. The molecule has 0 fully saturated rings. The van der Waals surface area contributed by atoms with E-state index in [1.165, 1.54) is 0 Å². The summed E-state index contributed by atoms with van der Waals surface area (Å²) in [5.41, 5.74) is 2.26. The van der Waals surface area contributed by atoms with E-state index in [2.05, 4.69) is 34.7 Å². The van der Waals surface area contributed by atoms with Crippen molar-refractivity contribution < 1.29 is 0 Å². The molecule has 0 unspecified atom stereocenters. The summed E-state index contributed by atoms with van der Waals surface area (Å²) in [6.07, 6.45) is 1.84. The maximum absolute atomic E-state index is 3.74. The lowest BCUT2D eigenvalue weighted by Crippen LogP contribution is -2.59. The molecule has 3 heteroatoms. The molecule has 0 saturated carbocycles. The largest absolute Gasteiger partial charge is 0.286 e. The van der Waals surface area contributed by atoms with Crippen molar-refractivity contribution in [1.29, 1.82) is 0 Å². The summed E-state index contributed by atoms with van der Waals surface area (Å²) in [6, 6.07) is 8.23. The lowest BCUT2D eigenvalue weighted by molar-refractivity contribution is 0.251. The lowest BCUT2D eigenvalue weighted by Gasteiger charge is -2.33. The zero-order valence-corrected chi connectivity index (χ0v) is 9.59. The van der Waals surface area contributed by atoms with Crippen molar-refractivity contribution in [2.75, 3.05) is 21.1 Å². The quantitative estimate of drug-likeness (QED) is 0.630. The summed E-state index contributed by atoms with van der Waals surface area (Å²) >= 11 is 0. The molecule has 82 valence electrons. The highest BCUT2D eigenvalue weighted by Gasteiger charge is 2.25. The summed E-state index contributed by atoms with van der Waals surface area (Å²) in [5, 5.41) is 9.66. The van der Waals surface area contributed by atoms with Gasteiger partial charge in [-0.05, 0) is 26.7 Å². The van der Waals surface area contributed by atoms with Crippen molar-refractivity contribution in [2.24, 2.45) is 0 Å².